The van der Waals surface area contributed by atoms with Crippen LogP contribution in [0.15, 0.2) is 46.5 Å². The normalized spacial score (nSPS) is 12.5. The number of imidazole rings is 1. The molecule has 2 aromatic heterocycles. The first-order chi connectivity index (χ1) is 11.2. The Morgan fingerprint density at radius 1 is 1.12 bits per heavy atom. The zero-order valence-corrected chi connectivity index (χ0v) is 14.4. The van der Waals surface area contributed by atoms with Crippen LogP contribution in [0.5, 0.6) is 0 Å². The van der Waals surface area contributed by atoms with Crippen molar-refractivity contribution in [1.29, 1.82) is 0 Å². The van der Waals surface area contributed by atoms with Gasteiger partial charge in [0.05, 0.1) is 23.2 Å². The van der Waals surface area contributed by atoms with E-state index in [1.165, 1.54) is 12.4 Å². The van der Waals surface area contributed by atoms with Crippen molar-refractivity contribution in [2.45, 2.75) is 31.2 Å². The molecule has 0 aliphatic rings. The van der Waals surface area contributed by atoms with Gasteiger partial charge in [-0.15, -0.1) is 0 Å². The van der Waals surface area contributed by atoms with Crippen molar-refractivity contribution < 1.29 is 8.42 Å². The Bertz CT molecular complexity index is 1060. The Balaban J connectivity index is 2.10. The zero-order chi connectivity index (χ0) is 17.5. The number of aromatic amines is 2. The largest absolute Gasteiger partial charge is 0.347 e. The van der Waals surface area contributed by atoms with Gasteiger partial charge in [-0.2, -0.15) is 8.42 Å². The van der Waals surface area contributed by atoms with E-state index in [1.807, 2.05) is 20.8 Å². The van der Waals surface area contributed by atoms with E-state index in [4.69, 9.17) is 0 Å². The molecule has 24 heavy (non-hydrogen) atoms. The first-order valence-electron chi connectivity index (χ1n) is 7.37. The highest BCUT2D eigenvalue weighted by Crippen LogP contribution is 2.28. The number of aromatic nitrogens is 3. The lowest BCUT2D eigenvalue weighted by Gasteiger charge is -2.18. The molecular weight excluding hydrogens is 328 g/mol. The predicted molar refractivity (Wildman–Crippen MR) is 92.7 cm³/mol. The number of H-pyrrole nitrogens is 2. The fourth-order valence-electron chi connectivity index (χ4n) is 2.48. The van der Waals surface area contributed by atoms with Gasteiger partial charge in [0.1, 0.15) is 0 Å². The lowest BCUT2D eigenvalue weighted by Crippen LogP contribution is -2.21. The smallest absolute Gasteiger partial charge is 0.281 e. The summed E-state index contributed by atoms with van der Waals surface area (Å²) in [5, 5.41) is 0.679. The second kappa shape index (κ2) is 5.48. The van der Waals surface area contributed by atoms with E-state index in [9.17, 15) is 13.2 Å². The fraction of sp³-hybridized carbons (Fsp3) is 0.250. The van der Waals surface area contributed by atoms with Crippen LogP contribution >= 0.6 is 0 Å². The molecule has 3 N–H and O–H groups in total. The minimum Gasteiger partial charge on any atom is -0.347 e. The van der Waals surface area contributed by atoms with E-state index in [0.717, 1.165) is 5.39 Å². The highest BCUT2D eigenvalue weighted by Gasteiger charge is 2.29. The highest BCUT2D eigenvalue weighted by atomic mass is 32.2. The maximum atomic E-state index is 12.8. The number of fused-ring (bicyclic) bond motifs is 1. The van der Waals surface area contributed by atoms with Crippen molar-refractivity contribution in [3.8, 4) is 0 Å². The topological polar surface area (TPSA) is 108 Å². The number of benzene rings is 1. The number of hydrogen-bond acceptors (Lipinski definition) is 4. The summed E-state index contributed by atoms with van der Waals surface area (Å²) >= 11 is 0. The van der Waals surface area contributed by atoms with Gasteiger partial charge in [-0.3, -0.25) is 9.52 Å². The first kappa shape index (κ1) is 16.3. The number of nitrogens with one attached hydrogen (secondary N) is 3. The Morgan fingerprint density at radius 3 is 2.58 bits per heavy atom. The van der Waals surface area contributed by atoms with Crippen LogP contribution in [0.3, 0.4) is 0 Å². The molecule has 0 bridgehead atoms. The second-order valence-corrected chi connectivity index (χ2v) is 8.13. The van der Waals surface area contributed by atoms with Gasteiger partial charge >= 0.3 is 0 Å². The Labute approximate surface area is 139 Å². The lowest BCUT2D eigenvalue weighted by molar-refractivity contribution is 0.547. The van der Waals surface area contributed by atoms with E-state index in [-0.39, 0.29) is 10.6 Å². The molecule has 0 fully saturated rings. The third kappa shape index (κ3) is 2.92. The van der Waals surface area contributed by atoms with Gasteiger partial charge < -0.3 is 9.97 Å². The number of hydrogen-bond donors (Lipinski definition) is 3. The van der Waals surface area contributed by atoms with E-state index in [2.05, 4.69) is 19.7 Å². The van der Waals surface area contributed by atoms with Crippen molar-refractivity contribution >= 4 is 26.6 Å². The Morgan fingerprint density at radius 2 is 1.88 bits per heavy atom. The fourth-order valence-corrected chi connectivity index (χ4v) is 3.86. The van der Waals surface area contributed by atoms with Gasteiger partial charge in [0.25, 0.3) is 10.0 Å². The molecule has 3 aromatic rings. The van der Waals surface area contributed by atoms with Crippen molar-refractivity contribution in [3.05, 3.63) is 52.7 Å². The number of anilines is 1. The van der Waals surface area contributed by atoms with Crippen molar-refractivity contribution in [2.75, 3.05) is 4.72 Å². The Hall–Kier alpha value is -2.61. The van der Waals surface area contributed by atoms with Crippen LogP contribution in [0.25, 0.3) is 10.9 Å². The number of rotatable bonds is 3. The summed E-state index contributed by atoms with van der Waals surface area (Å²) in [5.41, 5.74) is 0.538. The third-order valence-electron chi connectivity index (χ3n) is 3.61. The van der Waals surface area contributed by atoms with E-state index < -0.39 is 15.4 Å². The number of para-hydroxylation sites is 1. The van der Waals surface area contributed by atoms with Gasteiger partial charge in [-0.05, 0) is 12.1 Å². The molecule has 0 amide bonds. The molecule has 7 nitrogen and oxygen atoms in total. The molecule has 0 unspecified atom stereocenters. The van der Waals surface area contributed by atoms with Gasteiger partial charge in [0.15, 0.2) is 5.03 Å². The number of pyridine rings is 1. The third-order valence-corrected chi connectivity index (χ3v) is 4.92. The van der Waals surface area contributed by atoms with E-state index in [0.29, 0.717) is 16.9 Å². The SMILES string of the molecule is CC(C)(C)c1[nH]cnc1S(=O)(=O)Nc1cccc2ccc(=O)[nH]c12. The molecule has 1 aromatic carbocycles. The molecule has 3 rings (SSSR count). The van der Waals surface area contributed by atoms with Gasteiger partial charge in [-0.25, -0.2) is 4.98 Å². The van der Waals surface area contributed by atoms with Crippen LogP contribution in [-0.4, -0.2) is 23.4 Å². The quantitative estimate of drug-likeness (QED) is 0.676. The molecular formula is C16H18N4O3S. The predicted octanol–water partition coefficient (Wildman–Crippen LogP) is 2.35. The lowest BCUT2D eigenvalue weighted by atomic mass is 9.93. The summed E-state index contributed by atoms with van der Waals surface area (Å²) < 4.78 is 28.1. The van der Waals surface area contributed by atoms with E-state index in [1.54, 1.807) is 24.3 Å². The molecule has 0 saturated carbocycles. The molecule has 0 aliphatic carbocycles. The van der Waals surface area contributed by atoms with Crippen molar-refractivity contribution in [2.24, 2.45) is 0 Å². The molecule has 0 aliphatic heterocycles. The molecule has 8 heteroatoms. The highest BCUT2D eigenvalue weighted by molar-refractivity contribution is 7.92. The molecule has 2 heterocycles. The summed E-state index contributed by atoms with van der Waals surface area (Å²) in [6.45, 7) is 5.69. The van der Waals surface area contributed by atoms with Crippen molar-refractivity contribution in [3.63, 3.8) is 0 Å². The number of nitrogens with zero attached hydrogens (tertiary/aromatic N) is 1. The van der Waals surface area contributed by atoms with E-state index >= 15 is 0 Å². The minimum atomic E-state index is -3.90. The van der Waals surface area contributed by atoms with Crippen LogP contribution in [0.4, 0.5) is 5.69 Å². The molecule has 0 radical (unpaired) electrons. The van der Waals surface area contributed by atoms with Crippen LogP contribution in [0, 0.1) is 0 Å². The standard InChI is InChI=1S/C16H18N4O3S/c1-16(2,3)14-15(18-9-17-14)24(22,23)20-11-6-4-5-10-7-8-12(21)19-13(10)11/h4-9,20H,1-3H3,(H,17,18)(H,19,21). The molecule has 0 spiro atoms. The summed E-state index contributed by atoms with van der Waals surface area (Å²) in [4.78, 5) is 21.1. The monoisotopic (exact) mass is 346 g/mol. The summed E-state index contributed by atoms with van der Waals surface area (Å²) in [5.74, 6) is 0. The minimum absolute atomic E-state index is 0.0507. The second-order valence-electron chi connectivity index (χ2n) is 6.53. The summed E-state index contributed by atoms with van der Waals surface area (Å²) in [6, 6.07) is 8.14. The molecule has 0 atom stereocenters. The molecule has 0 saturated heterocycles. The van der Waals surface area contributed by atoms with Crippen molar-refractivity contribution in [1.82, 2.24) is 15.0 Å². The zero-order valence-electron chi connectivity index (χ0n) is 13.5. The maximum absolute atomic E-state index is 12.8. The summed E-state index contributed by atoms with van der Waals surface area (Å²) in [6.07, 6.45) is 1.36. The van der Waals surface area contributed by atoms with Crippen LogP contribution < -0.4 is 10.3 Å². The number of sulfonamides is 1. The maximum Gasteiger partial charge on any atom is 0.281 e. The first-order valence-corrected chi connectivity index (χ1v) is 8.85. The Kier molecular flexibility index (Phi) is 3.71. The van der Waals surface area contributed by atoms with Gasteiger partial charge in [-0.1, -0.05) is 32.9 Å². The van der Waals surface area contributed by atoms with Gasteiger partial charge in [0, 0.05) is 16.9 Å². The average Bonchev–Trinajstić information content (AvgIpc) is 2.98. The van der Waals surface area contributed by atoms with Crippen LogP contribution in [-0.2, 0) is 15.4 Å². The molecule has 126 valence electrons. The average molecular weight is 346 g/mol. The van der Waals surface area contributed by atoms with Gasteiger partial charge in [0.2, 0.25) is 5.56 Å². The van der Waals surface area contributed by atoms with Crippen LogP contribution in [0.2, 0.25) is 0 Å². The summed E-state index contributed by atoms with van der Waals surface area (Å²) in [7, 11) is -3.90. The van der Waals surface area contributed by atoms with Crippen LogP contribution in [0.1, 0.15) is 26.5 Å².